The van der Waals surface area contributed by atoms with Crippen molar-refractivity contribution in [3.8, 4) is 0 Å². The van der Waals surface area contributed by atoms with E-state index in [0.717, 1.165) is 3.77 Å². The van der Waals surface area contributed by atoms with Crippen LogP contribution in [0.2, 0.25) is 5.02 Å². The van der Waals surface area contributed by atoms with Crippen molar-refractivity contribution in [1.29, 1.82) is 0 Å². The number of furan rings is 1. The molecule has 0 spiro atoms. The first-order valence-corrected chi connectivity index (χ1v) is 6.44. The van der Waals surface area contributed by atoms with Crippen LogP contribution in [0.25, 0.3) is 0 Å². The van der Waals surface area contributed by atoms with Crippen molar-refractivity contribution in [1.82, 2.24) is 0 Å². The van der Waals surface area contributed by atoms with Gasteiger partial charge in [-0.05, 0) is 46.9 Å². The summed E-state index contributed by atoms with van der Waals surface area (Å²) in [6, 6.07) is 8.14. The molecule has 0 amide bonds. The predicted molar refractivity (Wildman–Crippen MR) is 76.9 cm³/mol. The molecule has 0 unspecified atom stereocenters. The molecule has 0 aliphatic rings. The lowest BCUT2D eigenvalue weighted by Gasteiger charge is -2.05. The lowest BCUT2D eigenvalue weighted by Crippen LogP contribution is -2.01. The zero-order valence-corrected chi connectivity index (χ0v) is 11.9. The molecule has 0 fully saturated rings. The molecule has 1 aromatic carbocycles. The van der Waals surface area contributed by atoms with Gasteiger partial charge < -0.3 is 9.73 Å². The summed E-state index contributed by atoms with van der Waals surface area (Å²) in [5.74, 6) is 0.712. The molecule has 1 aromatic heterocycles. The topological polar surface area (TPSA) is 68.3 Å². The van der Waals surface area contributed by atoms with Gasteiger partial charge in [-0.1, -0.05) is 11.6 Å². The first-order chi connectivity index (χ1) is 8.56. The van der Waals surface area contributed by atoms with Gasteiger partial charge in [0.1, 0.15) is 11.4 Å². The van der Waals surface area contributed by atoms with Crippen molar-refractivity contribution in [2.45, 2.75) is 6.54 Å². The molecule has 0 atom stereocenters. The van der Waals surface area contributed by atoms with Crippen LogP contribution in [0.1, 0.15) is 5.76 Å². The molecule has 0 saturated carbocycles. The van der Waals surface area contributed by atoms with E-state index in [0.29, 0.717) is 23.0 Å². The fourth-order valence-corrected chi connectivity index (χ4v) is 2.06. The van der Waals surface area contributed by atoms with Gasteiger partial charge in [0.05, 0.1) is 11.5 Å². The van der Waals surface area contributed by atoms with Crippen molar-refractivity contribution in [2.75, 3.05) is 5.32 Å². The number of rotatable bonds is 4. The number of nitrogens with zero attached hydrogens (tertiary/aromatic N) is 1. The molecule has 1 N–H and O–H groups in total. The van der Waals surface area contributed by atoms with Crippen LogP contribution in [0.3, 0.4) is 0 Å². The van der Waals surface area contributed by atoms with Gasteiger partial charge in [-0.25, -0.2) is 0 Å². The van der Waals surface area contributed by atoms with E-state index in [-0.39, 0.29) is 5.69 Å². The minimum Gasteiger partial charge on any atom is -0.454 e. The van der Waals surface area contributed by atoms with E-state index in [1.807, 2.05) is 12.1 Å². The molecule has 7 heteroatoms. The number of benzene rings is 1. The molecule has 1 heterocycles. The smallest absolute Gasteiger partial charge is 0.293 e. The summed E-state index contributed by atoms with van der Waals surface area (Å²) in [6.07, 6.45) is 0. The molecule has 5 nitrogen and oxygen atoms in total. The first kappa shape index (κ1) is 13.2. The molecule has 0 aliphatic carbocycles. The van der Waals surface area contributed by atoms with Gasteiger partial charge in [0.2, 0.25) is 0 Å². The van der Waals surface area contributed by atoms with E-state index < -0.39 is 4.92 Å². The van der Waals surface area contributed by atoms with Crippen LogP contribution in [0.15, 0.2) is 34.7 Å². The van der Waals surface area contributed by atoms with Crippen LogP contribution in [0.4, 0.5) is 11.4 Å². The van der Waals surface area contributed by atoms with Crippen LogP contribution < -0.4 is 5.32 Å². The predicted octanol–water partition coefficient (Wildman–Crippen LogP) is 4.06. The average Bonchev–Trinajstić information content (AvgIpc) is 2.73. The summed E-state index contributed by atoms with van der Waals surface area (Å²) in [5, 5.41) is 14.2. The fourth-order valence-electron chi connectivity index (χ4n) is 1.43. The SMILES string of the molecule is O=[N+]([O-])c1cc(Cl)ccc1NCc1ccc(I)o1. The molecular formula is C11H8ClIN2O3. The zero-order valence-electron chi connectivity index (χ0n) is 9.02. The first-order valence-electron chi connectivity index (χ1n) is 4.98. The van der Waals surface area contributed by atoms with Gasteiger partial charge in [0.25, 0.3) is 5.69 Å². The third kappa shape index (κ3) is 3.14. The number of hydrogen-bond acceptors (Lipinski definition) is 4. The normalized spacial score (nSPS) is 10.3. The lowest BCUT2D eigenvalue weighted by atomic mass is 10.2. The van der Waals surface area contributed by atoms with E-state index in [9.17, 15) is 10.1 Å². The van der Waals surface area contributed by atoms with Gasteiger partial charge in [-0.2, -0.15) is 0 Å². The van der Waals surface area contributed by atoms with E-state index in [2.05, 4.69) is 27.9 Å². The summed E-state index contributed by atoms with van der Waals surface area (Å²) in [4.78, 5) is 10.4. The Kier molecular flexibility index (Phi) is 4.07. The maximum absolute atomic E-state index is 10.9. The highest BCUT2D eigenvalue weighted by molar-refractivity contribution is 14.1. The second-order valence-electron chi connectivity index (χ2n) is 3.48. The van der Waals surface area contributed by atoms with Crippen LogP contribution in [0.5, 0.6) is 0 Å². The van der Waals surface area contributed by atoms with Crippen molar-refractivity contribution >= 4 is 45.6 Å². The van der Waals surface area contributed by atoms with E-state index in [1.165, 1.54) is 6.07 Å². The molecule has 2 aromatic rings. The quantitative estimate of drug-likeness (QED) is 0.495. The summed E-state index contributed by atoms with van der Waals surface area (Å²) >= 11 is 7.79. The minimum atomic E-state index is -0.472. The molecular weight excluding hydrogens is 370 g/mol. The van der Waals surface area contributed by atoms with Crippen molar-refractivity contribution in [3.63, 3.8) is 0 Å². The third-order valence-corrected chi connectivity index (χ3v) is 3.05. The third-order valence-electron chi connectivity index (χ3n) is 2.24. The molecule has 0 saturated heterocycles. The summed E-state index contributed by atoms with van der Waals surface area (Å²) in [6.45, 7) is 0.380. The molecule has 94 valence electrons. The number of anilines is 1. The second-order valence-corrected chi connectivity index (χ2v) is 4.98. The Balaban J connectivity index is 2.16. The summed E-state index contributed by atoms with van der Waals surface area (Å²) < 4.78 is 6.13. The van der Waals surface area contributed by atoms with E-state index >= 15 is 0 Å². The maximum atomic E-state index is 10.9. The highest BCUT2D eigenvalue weighted by Gasteiger charge is 2.14. The minimum absolute atomic E-state index is 0.0521. The molecule has 0 bridgehead atoms. The second kappa shape index (κ2) is 5.57. The van der Waals surface area contributed by atoms with Gasteiger partial charge in [-0.15, -0.1) is 0 Å². The van der Waals surface area contributed by atoms with Crippen LogP contribution in [-0.4, -0.2) is 4.92 Å². The Morgan fingerprint density at radius 3 is 2.78 bits per heavy atom. The summed E-state index contributed by atoms with van der Waals surface area (Å²) in [5.41, 5.74) is 0.361. The Morgan fingerprint density at radius 2 is 2.17 bits per heavy atom. The highest BCUT2D eigenvalue weighted by Crippen LogP contribution is 2.28. The Morgan fingerprint density at radius 1 is 1.39 bits per heavy atom. The number of nitro benzene ring substituents is 1. The van der Waals surface area contributed by atoms with Crippen LogP contribution in [0, 0.1) is 13.9 Å². The van der Waals surface area contributed by atoms with Gasteiger partial charge in [-0.3, -0.25) is 10.1 Å². The summed E-state index contributed by atoms with van der Waals surface area (Å²) in [7, 11) is 0. The van der Waals surface area contributed by atoms with Crippen molar-refractivity contribution < 1.29 is 9.34 Å². The number of nitro groups is 1. The van der Waals surface area contributed by atoms with Gasteiger partial charge in [0, 0.05) is 11.1 Å². The molecule has 0 radical (unpaired) electrons. The zero-order chi connectivity index (χ0) is 13.1. The largest absolute Gasteiger partial charge is 0.454 e. The standard InChI is InChI=1S/C11H8ClIN2O3/c12-7-1-3-9(10(5-7)15(16)17)14-6-8-2-4-11(13)18-8/h1-5,14H,6H2. The fraction of sp³-hybridized carbons (Fsp3) is 0.0909. The molecule has 18 heavy (non-hydrogen) atoms. The van der Waals surface area contributed by atoms with E-state index in [1.54, 1.807) is 12.1 Å². The monoisotopic (exact) mass is 378 g/mol. The molecule has 0 aliphatic heterocycles. The number of hydrogen-bond donors (Lipinski definition) is 1. The maximum Gasteiger partial charge on any atom is 0.293 e. The Bertz CT molecular complexity index is 585. The van der Waals surface area contributed by atoms with Gasteiger partial charge >= 0.3 is 0 Å². The number of halogens is 2. The Hall–Kier alpha value is -1.28. The molecule has 2 rings (SSSR count). The van der Waals surface area contributed by atoms with Crippen LogP contribution in [-0.2, 0) is 6.54 Å². The van der Waals surface area contributed by atoms with Crippen molar-refractivity contribution in [3.05, 3.63) is 55.0 Å². The van der Waals surface area contributed by atoms with Crippen molar-refractivity contribution in [2.24, 2.45) is 0 Å². The van der Waals surface area contributed by atoms with Gasteiger partial charge in [0.15, 0.2) is 3.77 Å². The average molecular weight is 379 g/mol. The number of nitrogens with one attached hydrogen (secondary N) is 1. The van der Waals surface area contributed by atoms with E-state index in [4.69, 9.17) is 16.0 Å². The lowest BCUT2D eigenvalue weighted by molar-refractivity contribution is -0.383. The highest BCUT2D eigenvalue weighted by atomic mass is 127. The Labute approximate surface area is 121 Å². The van der Waals surface area contributed by atoms with Crippen LogP contribution >= 0.6 is 34.2 Å².